The standard InChI is InChI=1S/C20H15BrN2O5S/c21-18-11-10-16(12-17(18)19(24)22-14-4-2-1-3-5-14)29(27,28)23-15-8-6-13(7-9-15)20(25)26/h1-12,23H,(H,22,24)(H,25,26)/p-1. The third-order valence-corrected chi connectivity index (χ3v) is 5.97. The predicted octanol–water partition coefficient (Wildman–Crippen LogP) is 2.87. The lowest BCUT2D eigenvalue weighted by molar-refractivity contribution is -0.255. The van der Waals surface area contributed by atoms with E-state index in [2.05, 4.69) is 26.0 Å². The Morgan fingerprint density at radius 1 is 0.862 bits per heavy atom. The molecule has 29 heavy (non-hydrogen) atoms. The van der Waals surface area contributed by atoms with Crippen molar-refractivity contribution in [1.29, 1.82) is 0 Å². The van der Waals surface area contributed by atoms with Crippen molar-refractivity contribution in [2.75, 3.05) is 10.0 Å². The van der Waals surface area contributed by atoms with Gasteiger partial charge in [-0.15, -0.1) is 0 Å². The fourth-order valence-electron chi connectivity index (χ4n) is 2.45. The van der Waals surface area contributed by atoms with E-state index >= 15 is 0 Å². The second kappa shape index (κ2) is 8.46. The van der Waals surface area contributed by atoms with E-state index in [1.54, 1.807) is 24.3 Å². The average molecular weight is 474 g/mol. The molecule has 0 aliphatic carbocycles. The molecule has 0 saturated heterocycles. The van der Waals surface area contributed by atoms with E-state index in [4.69, 9.17) is 0 Å². The first-order valence-electron chi connectivity index (χ1n) is 8.26. The molecule has 1 amide bonds. The Kier molecular flexibility index (Phi) is 6.00. The molecule has 3 rings (SSSR count). The molecule has 0 saturated carbocycles. The number of amides is 1. The van der Waals surface area contributed by atoms with Crippen LogP contribution in [-0.2, 0) is 10.0 Å². The number of sulfonamides is 1. The largest absolute Gasteiger partial charge is 0.545 e. The van der Waals surface area contributed by atoms with Crippen molar-refractivity contribution < 1.29 is 23.1 Å². The quantitative estimate of drug-likeness (QED) is 0.570. The number of halogens is 1. The van der Waals surface area contributed by atoms with Crippen LogP contribution in [0.3, 0.4) is 0 Å². The highest BCUT2D eigenvalue weighted by molar-refractivity contribution is 9.10. The zero-order valence-electron chi connectivity index (χ0n) is 14.8. The van der Waals surface area contributed by atoms with Gasteiger partial charge in [-0.3, -0.25) is 9.52 Å². The van der Waals surface area contributed by atoms with Crippen LogP contribution in [0.15, 0.2) is 82.2 Å². The topological polar surface area (TPSA) is 115 Å². The van der Waals surface area contributed by atoms with Crippen LogP contribution in [0.5, 0.6) is 0 Å². The normalized spacial score (nSPS) is 10.9. The van der Waals surface area contributed by atoms with Gasteiger partial charge in [0.05, 0.1) is 16.4 Å². The minimum Gasteiger partial charge on any atom is -0.545 e. The fourth-order valence-corrected chi connectivity index (χ4v) is 3.97. The summed E-state index contributed by atoms with van der Waals surface area (Å²) in [5.41, 5.74) is 0.817. The molecule has 0 aliphatic rings. The van der Waals surface area contributed by atoms with Crippen molar-refractivity contribution in [2.24, 2.45) is 0 Å². The maximum Gasteiger partial charge on any atom is 0.261 e. The van der Waals surface area contributed by atoms with Crippen molar-refractivity contribution >= 4 is 49.2 Å². The predicted molar refractivity (Wildman–Crippen MR) is 110 cm³/mol. The van der Waals surface area contributed by atoms with Crippen molar-refractivity contribution in [3.63, 3.8) is 0 Å². The van der Waals surface area contributed by atoms with Crippen LogP contribution in [0.2, 0.25) is 0 Å². The number of rotatable bonds is 6. The van der Waals surface area contributed by atoms with Gasteiger partial charge in [-0.05, 0) is 64.0 Å². The maximum atomic E-state index is 12.7. The second-order valence-corrected chi connectivity index (χ2v) is 8.47. The van der Waals surface area contributed by atoms with Gasteiger partial charge in [0.1, 0.15) is 0 Å². The van der Waals surface area contributed by atoms with Crippen LogP contribution in [0.1, 0.15) is 20.7 Å². The van der Waals surface area contributed by atoms with Crippen molar-refractivity contribution in [1.82, 2.24) is 0 Å². The highest BCUT2D eigenvalue weighted by Gasteiger charge is 2.19. The van der Waals surface area contributed by atoms with E-state index in [1.165, 1.54) is 42.5 Å². The molecular weight excluding hydrogens is 460 g/mol. The molecule has 0 atom stereocenters. The number of aromatic carboxylic acids is 1. The van der Waals surface area contributed by atoms with E-state index in [9.17, 15) is 23.1 Å². The first-order valence-corrected chi connectivity index (χ1v) is 10.5. The number of carboxylic acid groups (broad SMARTS) is 1. The maximum absolute atomic E-state index is 12.7. The summed E-state index contributed by atoms with van der Waals surface area (Å²) in [5.74, 6) is -1.83. The summed E-state index contributed by atoms with van der Waals surface area (Å²) in [7, 11) is -4.01. The van der Waals surface area contributed by atoms with Gasteiger partial charge in [-0.2, -0.15) is 0 Å². The van der Waals surface area contributed by atoms with Crippen LogP contribution in [0.4, 0.5) is 11.4 Å². The summed E-state index contributed by atoms with van der Waals surface area (Å²) in [6.07, 6.45) is 0. The Hall–Kier alpha value is -3.17. The molecule has 9 heteroatoms. The van der Waals surface area contributed by atoms with E-state index in [1.807, 2.05) is 6.07 Å². The number of carbonyl (C=O) groups is 2. The molecule has 2 N–H and O–H groups in total. The number of anilines is 2. The fraction of sp³-hybridized carbons (Fsp3) is 0. The average Bonchev–Trinajstić information content (AvgIpc) is 2.69. The van der Waals surface area contributed by atoms with Gasteiger partial charge >= 0.3 is 0 Å². The molecule has 0 heterocycles. The number of carboxylic acids is 1. The van der Waals surface area contributed by atoms with E-state index in [0.717, 1.165) is 0 Å². The van der Waals surface area contributed by atoms with Gasteiger partial charge in [0, 0.05) is 15.8 Å². The number of carbonyl (C=O) groups excluding carboxylic acids is 2. The Labute approximate surface area is 175 Å². The summed E-state index contributed by atoms with van der Waals surface area (Å²) in [4.78, 5) is 23.2. The molecule has 0 radical (unpaired) electrons. The summed E-state index contributed by atoms with van der Waals surface area (Å²) in [6.45, 7) is 0. The third-order valence-electron chi connectivity index (χ3n) is 3.90. The molecule has 7 nitrogen and oxygen atoms in total. The SMILES string of the molecule is O=C([O-])c1ccc(NS(=O)(=O)c2ccc(Br)c(C(=O)Nc3ccccc3)c2)cc1. The van der Waals surface area contributed by atoms with E-state index < -0.39 is 21.9 Å². The zero-order valence-corrected chi connectivity index (χ0v) is 17.2. The molecule has 148 valence electrons. The zero-order chi connectivity index (χ0) is 21.0. The minimum atomic E-state index is -4.01. The number of nitrogens with one attached hydrogen (secondary N) is 2. The van der Waals surface area contributed by atoms with Gasteiger partial charge in [0.2, 0.25) is 0 Å². The Balaban J connectivity index is 1.85. The highest BCUT2D eigenvalue weighted by atomic mass is 79.9. The Morgan fingerprint density at radius 3 is 2.14 bits per heavy atom. The molecule has 0 aromatic heterocycles. The summed E-state index contributed by atoms with van der Waals surface area (Å²) in [5, 5.41) is 13.5. The summed E-state index contributed by atoms with van der Waals surface area (Å²) < 4.78 is 28.1. The summed E-state index contributed by atoms with van der Waals surface area (Å²) in [6, 6.07) is 17.9. The smallest absolute Gasteiger partial charge is 0.261 e. The lowest BCUT2D eigenvalue weighted by Crippen LogP contribution is -2.22. The van der Waals surface area contributed by atoms with Gasteiger partial charge in [-0.25, -0.2) is 8.42 Å². The molecule has 3 aromatic rings. The van der Waals surface area contributed by atoms with Crippen molar-refractivity contribution in [3.05, 3.63) is 88.4 Å². The van der Waals surface area contributed by atoms with Gasteiger partial charge in [-0.1, -0.05) is 30.3 Å². The number of hydrogen-bond donors (Lipinski definition) is 2. The van der Waals surface area contributed by atoms with Crippen molar-refractivity contribution in [2.45, 2.75) is 4.90 Å². The van der Waals surface area contributed by atoms with Crippen molar-refractivity contribution in [3.8, 4) is 0 Å². The van der Waals surface area contributed by atoms with E-state index in [0.29, 0.717) is 10.2 Å². The lowest BCUT2D eigenvalue weighted by Gasteiger charge is -2.12. The number of para-hydroxylation sites is 1. The second-order valence-electron chi connectivity index (χ2n) is 5.93. The number of hydrogen-bond acceptors (Lipinski definition) is 5. The van der Waals surface area contributed by atoms with Gasteiger partial charge in [0.25, 0.3) is 15.9 Å². The first-order chi connectivity index (χ1) is 13.8. The van der Waals surface area contributed by atoms with Crippen LogP contribution in [0.25, 0.3) is 0 Å². The molecule has 0 spiro atoms. The van der Waals surface area contributed by atoms with E-state index in [-0.39, 0.29) is 21.7 Å². The Bertz CT molecular complexity index is 1160. The monoisotopic (exact) mass is 473 g/mol. The molecule has 0 unspecified atom stereocenters. The third kappa shape index (κ3) is 5.01. The summed E-state index contributed by atoms with van der Waals surface area (Å²) >= 11 is 3.26. The molecule has 0 bridgehead atoms. The molecule has 0 fully saturated rings. The van der Waals surface area contributed by atoms with Crippen LogP contribution in [-0.4, -0.2) is 20.3 Å². The molecular formula is C20H14BrN2O5S-. The van der Waals surface area contributed by atoms with Crippen LogP contribution in [0, 0.1) is 0 Å². The van der Waals surface area contributed by atoms with Gasteiger partial charge in [0.15, 0.2) is 0 Å². The first kappa shape index (κ1) is 20.6. The number of benzene rings is 3. The lowest BCUT2D eigenvalue weighted by atomic mass is 10.2. The molecule has 3 aromatic carbocycles. The molecule has 0 aliphatic heterocycles. The van der Waals surface area contributed by atoms with Crippen LogP contribution >= 0.6 is 15.9 Å². The van der Waals surface area contributed by atoms with Crippen LogP contribution < -0.4 is 15.1 Å². The highest BCUT2D eigenvalue weighted by Crippen LogP contribution is 2.24. The van der Waals surface area contributed by atoms with Gasteiger partial charge < -0.3 is 15.2 Å². The minimum absolute atomic E-state index is 0.0727. The Morgan fingerprint density at radius 2 is 1.52 bits per heavy atom.